The zero-order valence-electron chi connectivity index (χ0n) is 11.5. The van der Waals surface area contributed by atoms with Crippen molar-refractivity contribution in [2.45, 2.75) is 45.1 Å². The van der Waals surface area contributed by atoms with Crippen LogP contribution >= 0.6 is 0 Å². The van der Waals surface area contributed by atoms with Crippen LogP contribution in [0.25, 0.3) is 0 Å². The molecule has 1 N–H and O–H groups in total. The van der Waals surface area contributed by atoms with E-state index in [1.807, 2.05) is 12.1 Å². The molecule has 3 rings (SSSR count). The molecule has 0 spiro atoms. The van der Waals surface area contributed by atoms with E-state index >= 15 is 0 Å². The van der Waals surface area contributed by atoms with Crippen LogP contribution in [0.5, 0.6) is 11.5 Å². The van der Waals surface area contributed by atoms with Crippen molar-refractivity contribution < 1.29 is 9.47 Å². The molecule has 1 aliphatic heterocycles. The van der Waals surface area contributed by atoms with Crippen molar-refractivity contribution in [2.75, 3.05) is 13.3 Å². The van der Waals surface area contributed by atoms with E-state index in [0.717, 1.165) is 30.5 Å². The average molecular weight is 261 g/mol. The minimum Gasteiger partial charge on any atom is -0.454 e. The molecule has 0 amide bonds. The number of fused-ring (bicyclic) bond motifs is 1. The van der Waals surface area contributed by atoms with E-state index in [1.165, 1.54) is 44.1 Å². The second kappa shape index (κ2) is 6.29. The van der Waals surface area contributed by atoms with Crippen molar-refractivity contribution in [1.29, 1.82) is 0 Å². The van der Waals surface area contributed by atoms with E-state index in [4.69, 9.17) is 9.47 Å². The normalized spacial score (nSPS) is 19.4. The first-order chi connectivity index (χ1) is 9.43. The molecule has 0 bridgehead atoms. The molecule has 0 unspecified atom stereocenters. The predicted molar refractivity (Wildman–Crippen MR) is 75.5 cm³/mol. The minimum absolute atomic E-state index is 0.356. The van der Waals surface area contributed by atoms with Crippen molar-refractivity contribution in [3.05, 3.63) is 23.8 Å². The Morgan fingerprint density at radius 1 is 1.05 bits per heavy atom. The number of benzene rings is 1. The van der Waals surface area contributed by atoms with Crippen molar-refractivity contribution in [3.8, 4) is 11.5 Å². The lowest BCUT2D eigenvalue weighted by Crippen LogP contribution is -2.22. The summed E-state index contributed by atoms with van der Waals surface area (Å²) in [6, 6.07) is 6.13. The molecule has 0 radical (unpaired) electrons. The maximum absolute atomic E-state index is 5.53. The standard InChI is InChI=1S/C16H23NO2/c1-2-4-7-13(6-3-1)10-17-11-14-8-5-9-15-16(14)19-12-18-15/h5,8-9,13,17H,1-4,6-7,10-12H2. The van der Waals surface area contributed by atoms with Gasteiger partial charge in [-0.25, -0.2) is 0 Å². The van der Waals surface area contributed by atoms with Gasteiger partial charge in [0.1, 0.15) is 0 Å². The predicted octanol–water partition coefficient (Wildman–Crippen LogP) is 3.48. The summed E-state index contributed by atoms with van der Waals surface area (Å²) >= 11 is 0. The Morgan fingerprint density at radius 2 is 1.89 bits per heavy atom. The van der Waals surface area contributed by atoms with Gasteiger partial charge in [0.15, 0.2) is 11.5 Å². The molecule has 0 aromatic heterocycles. The summed E-state index contributed by atoms with van der Waals surface area (Å²) in [7, 11) is 0. The molecule has 1 heterocycles. The largest absolute Gasteiger partial charge is 0.454 e. The van der Waals surface area contributed by atoms with Crippen molar-refractivity contribution in [1.82, 2.24) is 5.32 Å². The molecule has 19 heavy (non-hydrogen) atoms. The summed E-state index contributed by atoms with van der Waals surface area (Å²) in [6.45, 7) is 2.36. The molecule has 104 valence electrons. The van der Waals surface area contributed by atoms with Crippen LogP contribution in [0.2, 0.25) is 0 Å². The van der Waals surface area contributed by atoms with Crippen molar-refractivity contribution in [3.63, 3.8) is 0 Å². The highest BCUT2D eigenvalue weighted by Crippen LogP contribution is 2.35. The van der Waals surface area contributed by atoms with Crippen LogP contribution in [0.15, 0.2) is 18.2 Å². The second-order valence-electron chi connectivity index (χ2n) is 5.64. The fourth-order valence-corrected chi connectivity index (χ4v) is 3.11. The Morgan fingerprint density at radius 3 is 2.74 bits per heavy atom. The van der Waals surface area contributed by atoms with Crippen LogP contribution in [0, 0.1) is 5.92 Å². The molecule has 1 aromatic carbocycles. The van der Waals surface area contributed by atoms with Gasteiger partial charge in [-0.2, -0.15) is 0 Å². The summed E-state index contributed by atoms with van der Waals surface area (Å²) < 4.78 is 10.9. The Kier molecular flexibility index (Phi) is 4.23. The fraction of sp³-hybridized carbons (Fsp3) is 0.625. The van der Waals surface area contributed by atoms with Gasteiger partial charge in [0.25, 0.3) is 0 Å². The monoisotopic (exact) mass is 261 g/mol. The summed E-state index contributed by atoms with van der Waals surface area (Å²) in [6.07, 6.45) is 8.44. The third-order valence-electron chi connectivity index (χ3n) is 4.20. The molecule has 3 nitrogen and oxygen atoms in total. The highest BCUT2D eigenvalue weighted by molar-refractivity contribution is 5.48. The number of ether oxygens (including phenoxy) is 2. The number of hydrogen-bond donors (Lipinski definition) is 1. The molecule has 3 heteroatoms. The zero-order valence-corrected chi connectivity index (χ0v) is 11.5. The Labute approximate surface area is 115 Å². The van der Waals surface area contributed by atoms with Gasteiger partial charge >= 0.3 is 0 Å². The third-order valence-corrected chi connectivity index (χ3v) is 4.20. The molecular formula is C16H23NO2. The second-order valence-corrected chi connectivity index (χ2v) is 5.64. The van der Waals surface area contributed by atoms with E-state index in [9.17, 15) is 0 Å². The highest BCUT2D eigenvalue weighted by atomic mass is 16.7. The van der Waals surface area contributed by atoms with Gasteiger partial charge in [0.05, 0.1) is 0 Å². The van der Waals surface area contributed by atoms with Crippen LogP contribution in [0.3, 0.4) is 0 Å². The SMILES string of the molecule is c1cc(CNCC2CCCCCC2)c2c(c1)OCO2. The lowest BCUT2D eigenvalue weighted by molar-refractivity contribution is 0.173. The van der Waals surface area contributed by atoms with Crippen LogP contribution in [0.1, 0.15) is 44.1 Å². The topological polar surface area (TPSA) is 30.5 Å². The number of hydrogen-bond acceptors (Lipinski definition) is 3. The Bertz CT molecular complexity index is 411. The van der Waals surface area contributed by atoms with Crippen LogP contribution in [-0.2, 0) is 6.54 Å². The van der Waals surface area contributed by atoms with E-state index in [2.05, 4.69) is 11.4 Å². The summed E-state index contributed by atoms with van der Waals surface area (Å²) in [4.78, 5) is 0. The van der Waals surface area contributed by atoms with Gasteiger partial charge in [-0.3, -0.25) is 0 Å². The van der Waals surface area contributed by atoms with E-state index in [0.29, 0.717) is 6.79 Å². The molecule has 0 atom stereocenters. The van der Waals surface area contributed by atoms with E-state index < -0.39 is 0 Å². The molecule has 2 aliphatic rings. The molecule has 0 saturated heterocycles. The first-order valence-corrected chi connectivity index (χ1v) is 7.52. The first-order valence-electron chi connectivity index (χ1n) is 7.52. The number of para-hydroxylation sites is 1. The number of nitrogens with one attached hydrogen (secondary N) is 1. The average Bonchev–Trinajstić information content (AvgIpc) is 2.77. The third kappa shape index (κ3) is 3.21. The van der Waals surface area contributed by atoms with E-state index in [1.54, 1.807) is 0 Å². The van der Waals surface area contributed by atoms with Gasteiger partial charge in [-0.05, 0) is 31.4 Å². The van der Waals surface area contributed by atoms with E-state index in [-0.39, 0.29) is 0 Å². The quantitative estimate of drug-likeness (QED) is 0.842. The zero-order chi connectivity index (χ0) is 12.9. The van der Waals surface area contributed by atoms with Gasteiger partial charge < -0.3 is 14.8 Å². The molecular weight excluding hydrogens is 238 g/mol. The fourth-order valence-electron chi connectivity index (χ4n) is 3.11. The van der Waals surface area contributed by atoms with Crippen LogP contribution in [-0.4, -0.2) is 13.3 Å². The van der Waals surface area contributed by atoms with Crippen molar-refractivity contribution >= 4 is 0 Å². The van der Waals surface area contributed by atoms with Crippen molar-refractivity contribution in [2.24, 2.45) is 5.92 Å². The van der Waals surface area contributed by atoms with Gasteiger partial charge in [0, 0.05) is 12.1 Å². The first kappa shape index (κ1) is 12.8. The summed E-state index contributed by atoms with van der Waals surface area (Å²) in [5.41, 5.74) is 1.21. The van der Waals surface area contributed by atoms with Crippen LogP contribution < -0.4 is 14.8 Å². The molecule has 1 aliphatic carbocycles. The maximum atomic E-state index is 5.53. The van der Waals surface area contributed by atoms with Gasteiger partial charge in [-0.15, -0.1) is 0 Å². The lowest BCUT2D eigenvalue weighted by Gasteiger charge is -2.15. The summed E-state index contributed by atoms with van der Waals surface area (Å²) in [5.74, 6) is 2.67. The van der Waals surface area contributed by atoms with Gasteiger partial charge in [0.2, 0.25) is 6.79 Å². The Hall–Kier alpha value is -1.22. The van der Waals surface area contributed by atoms with Crippen LogP contribution in [0.4, 0.5) is 0 Å². The maximum Gasteiger partial charge on any atom is 0.231 e. The highest BCUT2D eigenvalue weighted by Gasteiger charge is 2.17. The Balaban J connectivity index is 1.51. The minimum atomic E-state index is 0.356. The molecule has 1 aromatic rings. The molecule has 1 saturated carbocycles. The lowest BCUT2D eigenvalue weighted by atomic mass is 10.0. The summed E-state index contributed by atoms with van der Waals surface area (Å²) in [5, 5.41) is 3.59. The smallest absolute Gasteiger partial charge is 0.231 e. The number of rotatable bonds is 4. The molecule has 1 fully saturated rings. The van der Waals surface area contributed by atoms with Gasteiger partial charge in [-0.1, -0.05) is 37.8 Å².